The number of benzene rings is 2. The summed E-state index contributed by atoms with van der Waals surface area (Å²) in [4.78, 5) is 0. The number of anilines is 2. The molecule has 0 heterocycles. The molecule has 1 unspecified atom stereocenters. The van der Waals surface area contributed by atoms with Crippen molar-refractivity contribution < 1.29 is 13.2 Å². The summed E-state index contributed by atoms with van der Waals surface area (Å²) in [6.45, 7) is 1.78. The average Bonchev–Trinajstić information content (AvgIpc) is 2.40. The van der Waals surface area contributed by atoms with Gasteiger partial charge in [-0.3, -0.25) is 0 Å². The largest absolute Gasteiger partial charge is 0.418 e. The molecule has 0 spiro atoms. The second-order valence-corrected chi connectivity index (χ2v) is 5.16. The average molecular weight is 315 g/mol. The molecule has 2 aromatic carbocycles. The molecular formula is C15H14ClF3N2. The second-order valence-electron chi connectivity index (χ2n) is 4.72. The maximum absolute atomic E-state index is 13.0. The summed E-state index contributed by atoms with van der Waals surface area (Å²) in [5.74, 6) is 0. The Bertz CT molecular complexity index is 624. The Hall–Kier alpha value is -1.88. The Morgan fingerprint density at radius 1 is 1.10 bits per heavy atom. The van der Waals surface area contributed by atoms with Gasteiger partial charge in [-0.15, -0.1) is 0 Å². The summed E-state index contributed by atoms with van der Waals surface area (Å²) in [6, 6.07) is 10.3. The number of rotatable bonds is 3. The van der Waals surface area contributed by atoms with Crippen LogP contribution in [0.4, 0.5) is 24.5 Å². The molecule has 21 heavy (non-hydrogen) atoms. The molecule has 0 aliphatic heterocycles. The molecule has 3 N–H and O–H groups in total. The van der Waals surface area contributed by atoms with E-state index in [2.05, 4.69) is 5.32 Å². The van der Waals surface area contributed by atoms with Gasteiger partial charge in [0.25, 0.3) is 0 Å². The first-order valence-corrected chi connectivity index (χ1v) is 6.64. The van der Waals surface area contributed by atoms with Gasteiger partial charge in [-0.1, -0.05) is 23.7 Å². The Kier molecular flexibility index (Phi) is 4.32. The Balaban J connectivity index is 2.29. The highest BCUT2D eigenvalue weighted by Gasteiger charge is 2.34. The van der Waals surface area contributed by atoms with E-state index >= 15 is 0 Å². The highest BCUT2D eigenvalue weighted by molar-refractivity contribution is 6.30. The van der Waals surface area contributed by atoms with Crippen LogP contribution in [0.3, 0.4) is 0 Å². The SMILES string of the molecule is CC(Nc1ccc(N)cc1C(F)(F)F)c1ccc(Cl)cc1. The molecule has 2 aromatic rings. The van der Waals surface area contributed by atoms with Gasteiger partial charge in [0.15, 0.2) is 0 Å². The van der Waals surface area contributed by atoms with Crippen LogP contribution in [-0.2, 0) is 6.18 Å². The molecule has 0 saturated heterocycles. The third-order valence-electron chi connectivity index (χ3n) is 3.09. The minimum Gasteiger partial charge on any atom is -0.399 e. The summed E-state index contributed by atoms with van der Waals surface area (Å²) in [5, 5.41) is 3.44. The standard InChI is InChI=1S/C15H14ClF3N2/c1-9(10-2-4-11(16)5-3-10)21-14-7-6-12(20)8-13(14)15(17,18)19/h2-9,21H,20H2,1H3. The van der Waals surface area contributed by atoms with Gasteiger partial charge in [0.1, 0.15) is 0 Å². The summed E-state index contributed by atoms with van der Waals surface area (Å²) in [7, 11) is 0. The summed E-state index contributed by atoms with van der Waals surface area (Å²) < 4.78 is 39.1. The van der Waals surface area contributed by atoms with Crippen LogP contribution in [0.25, 0.3) is 0 Å². The molecule has 0 aliphatic rings. The fourth-order valence-corrected chi connectivity index (χ4v) is 2.12. The number of alkyl halides is 3. The van der Waals surface area contributed by atoms with Crippen LogP contribution in [0.2, 0.25) is 5.02 Å². The maximum Gasteiger partial charge on any atom is 0.418 e. The van der Waals surface area contributed by atoms with E-state index in [1.54, 1.807) is 31.2 Å². The maximum atomic E-state index is 13.0. The monoisotopic (exact) mass is 314 g/mol. The minimum atomic E-state index is -4.46. The molecule has 2 rings (SSSR count). The minimum absolute atomic E-state index is 0.000787. The first-order chi connectivity index (χ1) is 9.77. The van der Waals surface area contributed by atoms with Gasteiger partial charge in [-0.05, 0) is 42.8 Å². The highest BCUT2D eigenvalue weighted by atomic mass is 35.5. The number of nitrogens with one attached hydrogen (secondary N) is 1. The van der Waals surface area contributed by atoms with Gasteiger partial charge in [0.05, 0.1) is 5.56 Å². The lowest BCUT2D eigenvalue weighted by Crippen LogP contribution is -2.14. The zero-order valence-electron chi connectivity index (χ0n) is 11.2. The van der Waals surface area contributed by atoms with Crippen LogP contribution >= 0.6 is 11.6 Å². The van der Waals surface area contributed by atoms with E-state index in [4.69, 9.17) is 17.3 Å². The predicted molar refractivity (Wildman–Crippen MR) is 79.3 cm³/mol. The van der Waals surface area contributed by atoms with Crippen molar-refractivity contribution in [2.24, 2.45) is 0 Å². The van der Waals surface area contributed by atoms with E-state index in [9.17, 15) is 13.2 Å². The zero-order chi connectivity index (χ0) is 15.6. The topological polar surface area (TPSA) is 38.0 Å². The first kappa shape index (κ1) is 15.5. The van der Waals surface area contributed by atoms with Gasteiger partial charge in [-0.2, -0.15) is 13.2 Å². The summed E-state index contributed by atoms with van der Waals surface area (Å²) in [5.41, 5.74) is 5.58. The molecular weight excluding hydrogens is 301 g/mol. The van der Waals surface area contributed by atoms with Gasteiger partial charge in [0.2, 0.25) is 0 Å². The van der Waals surface area contributed by atoms with Crippen LogP contribution < -0.4 is 11.1 Å². The molecule has 112 valence electrons. The summed E-state index contributed by atoms with van der Waals surface area (Å²) in [6.07, 6.45) is -4.46. The quantitative estimate of drug-likeness (QED) is 0.772. The molecule has 2 nitrogen and oxygen atoms in total. The summed E-state index contributed by atoms with van der Waals surface area (Å²) >= 11 is 5.80. The van der Waals surface area contributed by atoms with E-state index in [1.807, 2.05) is 0 Å². The Morgan fingerprint density at radius 3 is 2.29 bits per heavy atom. The molecule has 0 aliphatic carbocycles. The highest BCUT2D eigenvalue weighted by Crippen LogP contribution is 2.37. The Morgan fingerprint density at radius 2 is 1.71 bits per heavy atom. The molecule has 0 aromatic heterocycles. The molecule has 0 fully saturated rings. The van der Waals surface area contributed by atoms with Crippen molar-refractivity contribution in [3.63, 3.8) is 0 Å². The van der Waals surface area contributed by atoms with Crippen LogP contribution in [0, 0.1) is 0 Å². The van der Waals surface area contributed by atoms with Crippen LogP contribution in [0.1, 0.15) is 24.1 Å². The van der Waals surface area contributed by atoms with Crippen molar-refractivity contribution in [1.29, 1.82) is 0 Å². The van der Waals surface area contributed by atoms with Crippen molar-refractivity contribution in [1.82, 2.24) is 0 Å². The lowest BCUT2D eigenvalue weighted by molar-refractivity contribution is -0.136. The smallest absolute Gasteiger partial charge is 0.399 e. The molecule has 0 amide bonds. The van der Waals surface area contributed by atoms with E-state index < -0.39 is 11.7 Å². The van der Waals surface area contributed by atoms with E-state index in [0.717, 1.165) is 11.6 Å². The number of nitrogen functional groups attached to an aromatic ring is 1. The van der Waals surface area contributed by atoms with Crippen LogP contribution in [0.15, 0.2) is 42.5 Å². The lowest BCUT2D eigenvalue weighted by Gasteiger charge is -2.20. The normalized spacial score (nSPS) is 13.0. The van der Waals surface area contributed by atoms with Crippen molar-refractivity contribution in [2.45, 2.75) is 19.1 Å². The second kappa shape index (κ2) is 5.85. The van der Waals surface area contributed by atoms with Gasteiger partial charge in [0, 0.05) is 22.4 Å². The van der Waals surface area contributed by atoms with E-state index in [-0.39, 0.29) is 17.4 Å². The third kappa shape index (κ3) is 3.82. The predicted octanol–water partition coefficient (Wildman–Crippen LogP) is 5.11. The van der Waals surface area contributed by atoms with Crippen molar-refractivity contribution in [3.05, 3.63) is 58.6 Å². The number of nitrogens with two attached hydrogens (primary N) is 1. The van der Waals surface area contributed by atoms with Gasteiger partial charge < -0.3 is 11.1 Å². The van der Waals surface area contributed by atoms with Gasteiger partial charge >= 0.3 is 6.18 Å². The van der Waals surface area contributed by atoms with E-state index in [0.29, 0.717) is 5.02 Å². The zero-order valence-corrected chi connectivity index (χ0v) is 12.0. The van der Waals surface area contributed by atoms with Gasteiger partial charge in [-0.25, -0.2) is 0 Å². The van der Waals surface area contributed by atoms with Crippen LogP contribution in [-0.4, -0.2) is 0 Å². The fourth-order valence-electron chi connectivity index (χ4n) is 1.99. The number of hydrogen-bond acceptors (Lipinski definition) is 2. The fraction of sp³-hybridized carbons (Fsp3) is 0.200. The number of halogens is 4. The molecule has 0 saturated carbocycles. The lowest BCUT2D eigenvalue weighted by atomic mass is 10.1. The molecule has 0 radical (unpaired) electrons. The number of hydrogen-bond donors (Lipinski definition) is 2. The molecule has 1 atom stereocenters. The molecule has 0 bridgehead atoms. The van der Waals surface area contributed by atoms with Crippen LogP contribution in [0.5, 0.6) is 0 Å². The molecule has 6 heteroatoms. The first-order valence-electron chi connectivity index (χ1n) is 6.26. The van der Waals surface area contributed by atoms with Crippen molar-refractivity contribution in [3.8, 4) is 0 Å². The van der Waals surface area contributed by atoms with Crippen molar-refractivity contribution >= 4 is 23.0 Å². The third-order valence-corrected chi connectivity index (χ3v) is 3.34. The van der Waals surface area contributed by atoms with E-state index in [1.165, 1.54) is 12.1 Å². The van der Waals surface area contributed by atoms with Crippen molar-refractivity contribution in [2.75, 3.05) is 11.1 Å². The Labute approximate surface area is 125 Å².